The van der Waals surface area contributed by atoms with Gasteiger partial charge in [0.1, 0.15) is 0 Å². The Kier molecular flexibility index (Phi) is 20.1. The maximum absolute atomic E-state index is 2.83. The largest absolute Gasteiger partial charge is 0.310 e. The normalized spacial score (nSPS) is 13.4. The molecule has 5 heterocycles. The van der Waals surface area contributed by atoms with E-state index in [-0.39, 0.29) is 37.9 Å². The Morgan fingerprint density at radius 2 is 0.472 bits per heavy atom. The Balaban J connectivity index is 0.901. The highest BCUT2D eigenvalue weighted by molar-refractivity contribution is 7.00. The first-order valence-corrected chi connectivity index (χ1v) is 51.9. The Morgan fingerprint density at radius 1 is 0.181 bits per heavy atom. The van der Waals surface area contributed by atoms with Crippen LogP contribution in [0.25, 0.3) is 182 Å². The van der Waals surface area contributed by atoms with Gasteiger partial charge >= 0.3 is 0 Å². The summed E-state index contributed by atoms with van der Waals surface area (Å²) in [7, 11) is 0. The van der Waals surface area contributed by atoms with Gasteiger partial charge in [0.15, 0.2) is 0 Å². The number of fused-ring (bicyclic) bond motifs is 11. The van der Waals surface area contributed by atoms with Crippen molar-refractivity contribution in [3.05, 3.63) is 409 Å². The third kappa shape index (κ3) is 14.4. The molecule has 3 aromatic heterocycles. The monoisotopic (exact) mass is 1860 g/mol. The van der Waals surface area contributed by atoms with Gasteiger partial charge in [-0.3, -0.25) is 0 Å². The zero-order valence-electron chi connectivity index (χ0n) is 87.0. The van der Waals surface area contributed by atoms with Gasteiger partial charge in [-0.1, -0.05) is 394 Å². The van der Waals surface area contributed by atoms with E-state index in [1.165, 1.54) is 120 Å². The van der Waals surface area contributed by atoms with Crippen LogP contribution in [0.1, 0.15) is 184 Å². The minimum absolute atomic E-state index is 0.114. The molecule has 20 aromatic carbocycles. The molecule has 0 spiro atoms. The zero-order chi connectivity index (χ0) is 99.4. The molecule has 0 atom stereocenters. The topological polar surface area (TPSA) is 21.3 Å². The van der Waals surface area contributed by atoms with Gasteiger partial charge in [-0.15, -0.1) is 0 Å². The minimum atomic E-state index is -0.398. The number of anilines is 6. The fourth-order valence-corrected chi connectivity index (χ4v) is 24.1. The molecule has 0 aliphatic carbocycles. The van der Waals surface area contributed by atoms with Crippen LogP contribution in [-0.2, 0) is 37.9 Å². The van der Waals surface area contributed by atoms with Gasteiger partial charge in [-0.25, -0.2) is 0 Å². The summed E-state index contributed by atoms with van der Waals surface area (Å²) in [5.74, 6) is 0. The quantitative estimate of drug-likeness (QED) is 0.0731. The zero-order valence-corrected chi connectivity index (χ0v) is 87.0. The molecule has 0 radical (unpaired) electrons. The molecule has 6 heteroatoms. The van der Waals surface area contributed by atoms with Gasteiger partial charge in [0.2, 0.25) is 0 Å². The smallest absolute Gasteiger partial charge is 0.252 e. The van der Waals surface area contributed by atoms with E-state index >= 15 is 0 Å². The maximum Gasteiger partial charge on any atom is 0.252 e. The van der Waals surface area contributed by atoms with Crippen LogP contribution in [0.5, 0.6) is 0 Å². The lowest BCUT2D eigenvalue weighted by atomic mass is 9.33. The molecule has 2 aliphatic rings. The first-order valence-electron chi connectivity index (χ1n) is 51.9. The van der Waals surface area contributed by atoms with Crippen LogP contribution in [0.2, 0.25) is 0 Å². The summed E-state index contributed by atoms with van der Waals surface area (Å²) in [6, 6.07) is 146. The first kappa shape index (κ1) is 90.1. The fraction of sp³-hybridized carbons (Fsp3) is 0.203. The molecule has 0 bridgehead atoms. The molecule has 704 valence electrons. The Morgan fingerprint density at radius 3 is 0.819 bits per heavy atom. The van der Waals surface area contributed by atoms with Crippen LogP contribution < -0.4 is 26.2 Å². The fourth-order valence-electron chi connectivity index (χ4n) is 24.1. The van der Waals surface area contributed by atoms with Gasteiger partial charge in [0.05, 0.1) is 50.2 Å². The summed E-state index contributed by atoms with van der Waals surface area (Å²) in [6.07, 6.45) is 0. The molecule has 0 fully saturated rings. The van der Waals surface area contributed by atoms with Crippen LogP contribution in [0.15, 0.2) is 370 Å². The third-order valence-electron chi connectivity index (χ3n) is 31.9. The highest BCUT2D eigenvalue weighted by atomic mass is 15.2. The molecule has 144 heavy (non-hydrogen) atoms. The lowest BCUT2D eigenvalue weighted by molar-refractivity contribution is 0.590. The van der Waals surface area contributed by atoms with Crippen molar-refractivity contribution in [3.63, 3.8) is 0 Å². The van der Waals surface area contributed by atoms with Crippen molar-refractivity contribution >= 4 is 155 Å². The molecule has 5 nitrogen and oxygen atoms in total. The minimum Gasteiger partial charge on any atom is -0.310 e. The summed E-state index contributed by atoms with van der Waals surface area (Å²) in [5, 5.41) is 15.1. The summed E-state index contributed by atoms with van der Waals surface area (Å²) in [4.78, 5) is 5.64. The van der Waals surface area contributed by atoms with Crippen molar-refractivity contribution in [3.8, 4) is 83.8 Å². The van der Waals surface area contributed by atoms with Crippen LogP contribution in [-0.4, -0.2) is 20.4 Å². The first-order chi connectivity index (χ1) is 68.8. The van der Waals surface area contributed by atoms with Crippen LogP contribution >= 0.6 is 0 Å². The molecule has 0 unspecified atom stereocenters. The molecule has 25 rings (SSSR count). The van der Waals surface area contributed by atoms with Gasteiger partial charge in [0, 0.05) is 83.1 Å². The van der Waals surface area contributed by atoms with Gasteiger partial charge < -0.3 is 23.5 Å². The molecule has 2 aliphatic heterocycles. The Bertz CT molecular complexity index is 8900. The van der Waals surface area contributed by atoms with Crippen molar-refractivity contribution in [2.75, 3.05) is 9.80 Å². The maximum atomic E-state index is 2.83. The predicted molar refractivity (Wildman–Crippen MR) is 622 cm³/mol. The van der Waals surface area contributed by atoms with Gasteiger partial charge in [-0.05, 0) is 297 Å². The van der Waals surface area contributed by atoms with Crippen LogP contribution in [0, 0.1) is 0 Å². The number of rotatable bonds is 11. The lowest BCUT2D eigenvalue weighted by Gasteiger charge is -2.46. The lowest BCUT2D eigenvalue weighted by Crippen LogP contribution is -2.61. The van der Waals surface area contributed by atoms with Crippen molar-refractivity contribution in [1.82, 2.24) is 13.7 Å². The Labute approximate surface area is 848 Å². The molecule has 0 saturated carbocycles. The predicted octanol–water partition coefficient (Wildman–Crippen LogP) is 36.5. The molecule has 0 amide bonds. The van der Waals surface area contributed by atoms with E-state index < -0.39 is 6.71 Å². The summed E-state index contributed by atoms with van der Waals surface area (Å²) in [6.45, 7) is 49.2. The molecule has 0 saturated heterocycles. The number of aromatic nitrogens is 3. The average molecular weight is 1860 g/mol. The second kappa shape index (κ2) is 32.1. The van der Waals surface area contributed by atoms with Crippen molar-refractivity contribution in [1.29, 1.82) is 0 Å². The van der Waals surface area contributed by atoms with E-state index in [4.69, 9.17) is 0 Å². The summed E-state index contributed by atoms with van der Waals surface area (Å²) in [5.41, 5.74) is 41.6. The second-order valence-corrected chi connectivity index (χ2v) is 48.6. The second-order valence-electron chi connectivity index (χ2n) is 48.6. The molecular formula is C138H124BN5. The van der Waals surface area contributed by atoms with E-state index in [0.717, 1.165) is 151 Å². The van der Waals surface area contributed by atoms with E-state index in [1.807, 2.05) is 0 Å². The SMILES string of the molecule is CC(C)(C)c1cccc(-c2cc(-c3ccccc3)cc(-c3cccc(C(C)(C)C)c3)c2N2c3cc(-n4c5ccc(C(C)(C)C)cc5c5cc(C(C)(C)C)ccc54)ccc3B3c4ccc(-n5c6ccc(C(C)(C)C)cc6c6cc(C(C)(C)C)ccc65)cc4N(c4c(-c5cccc(C(C)(C)C)c5)cc(-c5ccccc5)cc4-n4c5ccc6cccc7c8cccc9ccc4c(c98)c5c67)c4cc(-c5ccccc5)cc2c43)c1. The van der Waals surface area contributed by atoms with E-state index in [2.05, 4.69) is 539 Å². The summed E-state index contributed by atoms with van der Waals surface area (Å²) < 4.78 is 7.93. The Hall–Kier alpha value is -15.2. The van der Waals surface area contributed by atoms with E-state index in [0.29, 0.717) is 0 Å². The highest BCUT2D eigenvalue weighted by Gasteiger charge is 2.47. The van der Waals surface area contributed by atoms with Crippen LogP contribution in [0.3, 0.4) is 0 Å². The number of hydrogen-bond acceptors (Lipinski definition) is 2. The number of benzene rings is 20. The van der Waals surface area contributed by atoms with E-state index in [1.54, 1.807) is 0 Å². The van der Waals surface area contributed by atoms with Crippen LogP contribution in [0.4, 0.5) is 34.1 Å². The standard InChI is InChI=1S/C138H124BN5/c1-132(2,3)94-47-31-44-88(68-94)105-71-91(83-36-25-22-26-37-83)72-106(89-45-32-48-95(69-89)133(4,5)6)130(105)143-120-81-101(140-114-64-54-97(135(10,11)12)77-108(114)109-78-98(136(13,14)15)55-65-115(109)140)58-60-112(120)139-113-61-59-102(141-116-66-56-99(137(16,17)18)79-110(116)111-80-100(138(19,20)21)57-67-117(111)141)82-121(113)144(123-75-93(74-122(143)129(123)139)85-40-29-24-30-41-85)131-107(90-46-33-49-96(70-90)134(7,8)9)73-92(84-38-27-23-28-39-84)76-124(131)142-118-62-52-86-42-34-50-103-104-51-35-43-87-53-63-119(142)128(126(87)104)127(118)125(86)103/h22-82H,1-21H3. The molecule has 0 N–H and O–H groups in total. The molecule has 23 aromatic rings. The van der Waals surface area contributed by atoms with Gasteiger partial charge in [-0.2, -0.15) is 0 Å². The number of nitrogens with zero attached hydrogens (tertiary/aromatic N) is 5. The third-order valence-corrected chi connectivity index (χ3v) is 31.9. The van der Waals surface area contributed by atoms with Crippen molar-refractivity contribution in [2.45, 2.75) is 183 Å². The van der Waals surface area contributed by atoms with Crippen molar-refractivity contribution in [2.24, 2.45) is 0 Å². The highest BCUT2D eigenvalue weighted by Crippen LogP contribution is 2.59. The number of hydrogen-bond donors (Lipinski definition) is 0. The summed E-state index contributed by atoms with van der Waals surface area (Å²) >= 11 is 0. The van der Waals surface area contributed by atoms with E-state index in [9.17, 15) is 0 Å². The average Bonchev–Trinajstić information content (AvgIpc) is 1.29. The molecular weight excluding hydrogens is 1740 g/mol. The van der Waals surface area contributed by atoms with Crippen molar-refractivity contribution < 1.29 is 0 Å². The van der Waals surface area contributed by atoms with Gasteiger partial charge in [0.25, 0.3) is 6.71 Å².